The van der Waals surface area contributed by atoms with E-state index in [2.05, 4.69) is 26.6 Å². The van der Waals surface area contributed by atoms with Gasteiger partial charge in [0.2, 0.25) is 0 Å². The number of halogens is 1. The Morgan fingerprint density at radius 1 is 1.08 bits per heavy atom. The summed E-state index contributed by atoms with van der Waals surface area (Å²) >= 11 is 5.85. The Morgan fingerprint density at radius 2 is 1.84 bits per heavy atom. The number of hydrogen-bond donors (Lipinski definition) is 1. The van der Waals surface area contributed by atoms with E-state index < -0.39 is 5.92 Å². The smallest absolute Gasteiger partial charge is 0.165 e. The number of aromatic nitrogens is 2. The van der Waals surface area contributed by atoms with Gasteiger partial charge in [0, 0.05) is 5.02 Å². The van der Waals surface area contributed by atoms with Crippen LogP contribution in [0.5, 0.6) is 0 Å². The molecule has 0 radical (unpaired) electrons. The SMILES string of the molecule is N#CC(c1ccccc1)c1cncc(N/N=C/c2ccc(Cl)cc2)n1. The minimum atomic E-state index is -0.476. The number of nitrogens with one attached hydrogen (secondary N) is 1. The molecular formula is C19H14ClN5. The fraction of sp³-hybridized carbons (Fsp3) is 0.0526. The first kappa shape index (κ1) is 16.6. The Kier molecular flexibility index (Phi) is 5.35. The Morgan fingerprint density at radius 3 is 2.56 bits per heavy atom. The van der Waals surface area contributed by atoms with Gasteiger partial charge in [-0.05, 0) is 23.3 Å². The highest BCUT2D eigenvalue weighted by Crippen LogP contribution is 2.22. The molecule has 0 aliphatic rings. The zero-order valence-corrected chi connectivity index (χ0v) is 13.9. The molecule has 0 spiro atoms. The maximum Gasteiger partial charge on any atom is 0.165 e. The summed E-state index contributed by atoms with van der Waals surface area (Å²) in [6.07, 6.45) is 4.81. The van der Waals surface area contributed by atoms with E-state index in [0.717, 1.165) is 11.1 Å². The number of rotatable bonds is 5. The normalized spacial score (nSPS) is 11.8. The van der Waals surface area contributed by atoms with Crippen LogP contribution in [0.25, 0.3) is 0 Å². The van der Waals surface area contributed by atoms with Crippen molar-refractivity contribution in [2.24, 2.45) is 5.10 Å². The molecule has 0 fully saturated rings. The van der Waals surface area contributed by atoms with Gasteiger partial charge >= 0.3 is 0 Å². The highest BCUT2D eigenvalue weighted by molar-refractivity contribution is 6.30. The number of hydrazone groups is 1. The topological polar surface area (TPSA) is 74.0 Å². The molecule has 6 heteroatoms. The second kappa shape index (κ2) is 8.04. The molecule has 3 rings (SSSR count). The summed E-state index contributed by atoms with van der Waals surface area (Å²) in [7, 11) is 0. The Bertz CT molecular complexity index is 901. The van der Waals surface area contributed by atoms with Crippen molar-refractivity contribution < 1.29 is 0 Å². The van der Waals surface area contributed by atoms with Gasteiger partial charge in [0.1, 0.15) is 5.92 Å². The zero-order chi connectivity index (χ0) is 17.5. The molecule has 0 aliphatic heterocycles. The largest absolute Gasteiger partial charge is 0.260 e. The first-order valence-corrected chi connectivity index (χ1v) is 7.95. The number of nitriles is 1. The molecule has 0 saturated carbocycles. The molecule has 25 heavy (non-hydrogen) atoms. The van der Waals surface area contributed by atoms with Gasteiger partial charge < -0.3 is 0 Å². The molecule has 0 aliphatic carbocycles. The van der Waals surface area contributed by atoms with Gasteiger partial charge in [-0.25, -0.2) is 4.98 Å². The summed E-state index contributed by atoms with van der Waals surface area (Å²) in [5.41, 5.74) is 5.18. The molecule has 0 bridgehead atoms. The lowest BCUT2D eigenvalue weighted by Gasteiger charge is -2.09. The quantitative estimate of drug-likeness (QED) is 0.553. The molecule has 1 heterocycles. The Balaban J connectivity index is 1.75. The minimum absolute atomic E-state index is 0.471. The predicted molar refractivity (Wildman–Crippen MR) is 98.6 cm³/mol. The molecule has 122 valence electrons. The first-order valence-electron chi connectivity index (χ1n) is 7.57. The number of nitrogens with zero attached hydrogens (tertiary/aromatic N) is 4. The van der Waals surface area contributed by atoms with Crippen LogP contribution in [0.4, 0.5) is 5.82 Å². The molecule has 3 aromatic rings. The van der Waals surface area contributed by atoms with Crippen molar-refractivity contribution in [3.8, 4) is 6.07 Å². The van der Waals surface area contributed by atoms with Crippen molar-refractivity contribution in [2.45, 2.75) is 5.92 Å². The fourth-order valence-electron chi connectivity index (χ4n) is 2.25. The van der Waals surface area contributed by atoms with Crippen LogP contribution in [-0.2, 0) is 0 Å². The van der Waals surface area contributed by atoms with Crippen molar-refractivity contribution in [3.63, 3.8) is 0 Å². The van der Waals surface area contributed by atoms with Crippen LogP contribution in [-0.4, -0.2) is 16.2 Å². The van der Waals surface area contributed by atoms with Crippen LogP contribution in [0.3, 0.4) is 0 Å². The molecule has 0 amide bonds. The van der Waals surface area contributed by atoms with Crippen molar-refractivity contribution in [1.82, 2.24) is 9.97 Å². The van der Waals surface area contributed by atoms with Gasteiger partial charge in [0.15, 0.2) is 5.82 Å². The third kappa shape index (κ3) is 4.40. The minimum Gasteiger partial charge on any atom is -0.260 e. The van der Waals surface area contributed by atoms with Crippen molar-refractivity contribution >= 4 is 23.6 Å². The molecular weight excluding hydrogens is 334 g/mol. The van der Waals surface area contributed by atoms with E-state index in [9.17, 15) is 5.26 Å². The van der Waals surface area contributed by atoms with E-state index >= 15 is 0 Å². The van der Waals surface area contributed by atoms with Crippen molar-refractivity contribution in [3.05, 3.63) is 88.8 Å². The molecule has 1 aromatic heterocycles. The lowest BCUT2D eigenvalue weighted by molar-refractivity contribution is 0.941. The maximum absolute atomic E-state index is 9.49. The molecule has 1 unspecified atom stereocenters. The molecule has 5 nitrogen and oxygen atoms in total. The van der Waals surface area contributed by atoms with Gasteiger partial charge in [-0.3, -0.25) is 10.4 Å². The molecule has 1 N–H and O–H groups in total. The number of anilines is 1. The van der Waals surface area contributed by atoms with Crippen LogP contribution >= 0.6 is 11.6 Å². The Hall–Kier alpha value is -3.23. The predicted octanol–water partition coefficient (Wildman–Crippen LogP) is 4.23. The number of benzene rings is 2. The second-order valence-corrected chi connectivity index (χ2v) is 5.66. The van der Waals surface area contributed by atoms with Gasteiger partial charge in [0.05, 0.1) is 30.4 Å². The summed E-state index contributed by atoms with van der Waals surface area (Å²) in [6.45, 7) is 0. The summed E-state index contributed by atoms with van der Waals surface area (Å²) in [5, 5.41) is 14.3. The average Bonchev–Trinajstić information content (AvgIpc) is 2.65. The lowest BCUT2D eigenvalue weighted by Crippen LogP contribution is -2.04. The van der Waals surface area contributed by atoms with E-state index in [0.29, 0.717) is 16.5 Å². The summed E-state index contributed by atoms with van der Waals surface area (Å²) < 4.78 is 0. The lowest BCUT2D eigenvalue weighted by atomic mass is 9.98. The van der Waals surface area contributed by atoms with Gasteiger partial charge in [0.25, 0.3) is 0 Å². The summed E-state index contributed by atoms with van der Waals surface area (Å²) in [5.74, 6) is -0.00501. The van der Waals surface area contributed by atoms with E-state index in [4.69, 9.17) is 11.6 Å². The highest BCUT2D eigenvalue weighted by Gasteiger charge is 2.15. The van der Waals surface area contributed by atoms with Crippen LogP contribution in [0.2, 0.25) is 5.02 Å². The molecule has 2 aromatic carbocycles. The summed E-state index contributed by atoms with van der Waals surface area (Å²) in [6, 6.07) is 19.1. The van der Waals surface area contributed by atoms with Gasteiger partial charge in [-0.2, -0.15) is 10.4 Å². The van der Waals surface area contributed by atoms with Gasteiger partial charge in [-0.15, -0.1) is 0 Å². The monoisotopic (exact) mass is 347 g/mol. The van der Waals surface area contributed by atoms with Crippen LogP contribution in [0.1, 0.15) is 22.7 Å². The zero-order valence-electron chi connectivity index (χ0n) is 13.2. The van der Waals surface area contributed by atoms with Crippen molar-refractivity contribution in [1.29, 1.82) is 5.26 Å². The summed E-state index contributed by atoms with van der Waals surface area (Å²) in [4.78, 5) is 8.58. The van der Waals surface area contributed by atoms with E-state index in [1.54, 1.807) is 30.7 Å². The van der Waals surface area contributed by atoms with E-state index in [1.807, 2.05) is 42.5 Å². The van der Waals surface area contributed by atoms with E-state index in [1.165, 1.54) is 0 Å². The molecule has 0 saturated heterocycles. The third-order valence-electron chi connectivity index (χ3n) is 3.47. The van der Waals surface area contributed by atoms with Crippen LogP contribution < -0.4 is 5.43 Å². The number of hydrogen-bond acceptors (Lipinski definition) is 5. The van der Waals surface area contributed by atoms with Crippen molar-refractivity contribution in [2.75, 3.05) is 5.43 Å². The standard InChI is InChI=1S/C19H14ClN5/c20-16-8-6-14(7-9-16)11-23-25-19-13-22-12-18(24-19)17(10-21)15-4-2-1-3-5-15/h1-9,11-13,17H,(H,24,25)/b23-11+. The first-order chi connectivity index (χ1) is 12.3. The van der Waals surface area contributed by atoms with E-state index in [-0.39, 0.29) is 0 Å². The fourth-order valence-corrected chi connectivity index (χ4v) is 2.38. The Labute approximate surface area is 150 Å². The average molecular weight is 348 g/mol. The van der Waals surface area contributed by atoms with Crippen LogP contribution in [0, 0.1) is 11.3 Å². The third-order valence-corrected chi connectivity index (χ3v) is 3.73. The molecule has 1 atom stereocenters. The van der Waals surface area contributed by atoms with Crippen LogP contribution in [0.15, 0.2) is 72.1 Å². The maximum atomic E-state index is 9.49. The highest BCUT2D eigenvalue weighted by atomic mass is 35.5. The van der Waals surface area contributed by atoms with Gasteiger partial charge in [-0.1, -0.05) is 54.1 Å². The second-order valence-electron chi connectivity index (χ2n) is 5.22.